The van der Waals surface area contributed by atoms with Crippen molar-refractivity contribution in [1.82, 2.24) is 15.1 Å². The SMILES string of the molecule is CC(C)NC1CCCN(CC2CCCN(C)C2)C1=O. The number of hydrogen-bond acceptors (Lipinski definition) is 3. The summed E-state index contributed by atoms with van der Waals surface area (Å²) in [6.07, 6.45) is 4.68. The fourth-order valence-corrected chi connectivity index (χ4v) is 3.41. The Hall–Kier alpha value is -0.610. The fourth-order valence-electron chi connectivity index (χ4n) is 3.41. The zero-order chi connectivity index (χ0) is 13.8. The van der Waals surface area contributed by atoms with Gasteiger partial charge in [0.1, 0.15) is 0 Å². The summed E-state index contributed by atoms with van der Waals surface area (Å²) in [5.41, 5.74) is 0. The molecule has 2 aliphatic rings. The first kappa shape index (κ1) is 14.8. The van der Waals surface area contributed by atoms with Crippen molar-refractivity contribution in [3.05, 3.63) is 0 Å². The first-order chi connectivity index (χ1) is 9.06. The number of nitrogens with zero attached hydrogens (tertiary/aromatic N) is 2. The van der Waals surface area contributed by atoms with Crippen LogP contribution in [-0.4, -0.2) is 61.0 Å². The van der Waals surface area contributed by atoms with Gasteiger partial charge in [0.15, 0.2) is 0 Å². The van der Waals surface area contributed by atoms with E-state index in [1.165, 1.54) is 19.4 Å². The Balaban J connectivity index is 1.86. The van der Waals surface area contributed by atoms with Crippen molar-refractivity contribution in [2.45, 2.75) is 51.6 Å². The lowest BCUT2D eigenvalue weighted by atomic mass is 9.95. The van der Waals surface area contributed by atoms with E-state index in [0.29, 0.717) is 17.9 Å². The summed E-state index contributed by atoms with van der Waals surface area (Å²) in [5.74, 6) is 0.994. The summed E-state index contributed by atoms with van der Waals surface area (Å²) in [6.45, 7) is 8.49. The van der Waals surface area contributed by atoms with E-state index in [9.17, 15) is 4.79 Å². The van der Waals surface area contributed by atoms with Crippen LogP contribution in [0.15, 0.2) is 0 Å². The Kier molecular flexibility index (Phi) is 5.22. The second kappa shape index (κ2) is 6.71. The van der Waals surface area contributed by atoms with Crippen molar-refractivity contribution in [2.24, 2.45) is 5.92 Å². The van der Waals surface area contributed by atoms with Gasteiger partial charge < -0.3 is 15.1 Å². The first-order valence-electron chi connectivity index (χ1n) is 7.79. The molecule has 2 atom stereocenters. The van der Waals surface area contributed by atoms with Crippen LogP contribution in [0.2, 0.25) is 0 Å². The molecule has 1 amide bonds. The molecule has 2 saturated heterocycles. The Morgan fingerprint density at radius 2 is 2.00 bits per heavy atom. The molecule has 0 radical (unpaired) electrons. The van der Waals surface area contributed by atoms with Gasteiger partial charge in [-0.15, -0.1) is 0 Å². The Morgan fingerprint density at radius 1 is 1.26 bits per heavy atom. The van der Waals surface area contributed by atoms with Crippen LogP contribution in [0.3, 0.4) is 0 Å². The maximum atomic E-state index is 12.5. The molecule has 110 valence electrons. The molecule has 19 heavy (non-hydrogen) atoms. The van der Waals surface area contributed by atoms with Gasteiger partial charge in [0.2, 0.25) is 5.91 Å². The minimum atomic E-state index is 0.0510. The van der Waals surface area contributed by atoms with E-state index in [4.69, 9.17) is 0 Å². The molecule has 2 heterocycles. The van der Waals surface area contributed by atoms with E-state index in [2.05, 4.69) is 36.0 Å². The van der Waals surface area contributed by atoms with Gasteiger partial charge in [-0.05, 0) is 45.2 Å². The summed E-state index contributed by atoms with van der Waals surface area (Å²) in [5, 5.41) is 3.41. The smallest absolute Gasteiger partial charge is 0.239 e. The van der Waals surface area contributed by atoms with Crippen molar-refractivity contribution in [3.63, 3.8) is 0 Å². The van der Waals surface area contributed by atoms with Gasteiger partial charge in [-0.25, -0.2) is 0 Å². The zero-order valence-electron chi connectivity index (χ0n) is 12.7. The molecule has 0 aromatic heterocycles. The highest BCUT2D eigenvalue weighted by Gasteiger charge is 2.31. The average Bonchev–Trinajstić information content (AvgIpc) is 2.34. The van der Waals surface area contributed by atoms with Gasteiger partial charge in [-0.3, -0.25) is 4.79 Å². The van der Waals surface area contributed by atoms with Gasteiger partial charge >= 0.3 is 0 Å². The molecule has 0 saturated carbocycles. The predicted octanol–water partition coefficient (Wildman–Crippen LogP) is 1.32. The van der Waals surface area contributed by atoms with E-state index < -0.39 is 0 Å². The lowest BCUT2D eigenvalue weighted by Crippen LogP contribution is -2.54. The van der Waals surface area contributed by atoms with Crippen LogP contribution in [0, 0.1) is 5.92 Å². The Bertz CT molecular complexity index is 306. The van der Waals surface area contributed by atoms with Gasteiger partial charge in [0.05, 0.1) is 6.04 Å². The molecule has 4 nitrogen and oxygen atoms in total. The minimum Gasteiger partial charge on any atom is -0.341 e. The van der Waals surface area contributed by atoms with E-state index in [-0.39, 0.29) is 6.04 Å². The molecule has 2 rings (SSSR count). The van der Waals surface area contributed by atoms with E-state index in [0.717, 1.165) is 32.5 Å². The third-order valence-corrected chi connectivity index (χ3v) is 4.27. The molecule has 4 heteroatoms. The summed E-state index contributed by atoms with van der Waals surface area (Å²) in [7, 11) is 2.19. The van der Waals surface area contributed by atoms with Gasteiger partial charge in [0.25, 0.3) is 0 Å². The molecular weight excluding hydrogens is 238 g/mol. The molecule has 0 spiro atoms. The lowest BCUT2D eigenvalue weighted by Gasteiger charge is -2.38. The molecule has 0 aliphatic carbocycles. The molecule has 2 unspecified atom stereocenters. The maximum Gasteiger partial charge on any atom is 0.239 e. The van der Waals surface area contributed by atoms with Crippen molar-refractivity contribution < 1.29 is 4.79 Å². The molecular formula is C15H29N3O. The molecule has 1 N–H and O–H groups in total. The molecule has 2 fully saturated rings. The van der Waals surface area contributed by atoms with Crippen LogP contribution in [0.4, 0.5) is 0 Å². The predicted molar refractivity (Wildman–Crippen MR) is 78.1 cm³/mol. The van der Waals surface area contributed by atoms with Crippen LogP contribution in [-0.2, 0) is 4.79 Å². The molecule has 2 aliphatic heterocycles. The van der Waals surface area contributed by atoms with Crippen molar-refractivity contribution >= 4 is 5.91 Å². The van der Waals surface area contributed by atoms with E-state index in [1.54, 1.807) is 0 Å². The van der Waals surface area contributed by atoms with Crippen LogP contribution in [0.25, 0.3) is 0 Å². The highest BCUT2D eigenvalue weighted by Crippen LogP contribution is 2.20. The number of carbonyl (C=O) groups is 1. The van der Waals surface area contributed by atoms with Crippen LogP contribution in [0.1, 0.15) is 39.5 Å². The lowest BCUT2D eigenvalue weighted by molar-refractivity contribution is -0.137. The monoisotopic (exact) mass is 267 g/mol. The molecule has 0 aromatic rings. The normalized spacial score (nSPS) is 30.1. The van der Waals surface area contributed by atoms with Crippen molar-refractivity contribution in [2.75, 3.05) is 33.2 Å². The number of likely N-dealkylation sites (tertiary alicyclic amines) is 2. The highest BCUT2D eigenvalue weighted by molar-refractivity contribution is 5.82. The van der Waals surface area contributed by atoms with Crippen molar-refractivity contribution in [1.29, 1.82) is 0 Å². The number of hydrogen-bond donors (Lipinski definition) is 1. The second-order valence-corrected chi connectivity index (χ2v) is 6.57. The Morgan fingerprint density at radius 3 is 2.68 bits per heavy atom. The molecule has 0 aromatic carbocycles. The average molecular weight is 267 g/mol. The zero-order valence-corrected chi connectivity index (χ0v) is 12.7. The minimum absolute atomic E-state index is 0.0510. The summed E-state index contributed by atoms with van der Waals surface area (Å²) in [4.78, 5) is 17.0. The number of amides is 1. The van der Waals surface area contributed by atoms with Crippen LogP contribution >= 0.6 is 0 Å². The maximum absolute atomic E-state index is 12.5. The van der Waals surface area contributed by atoms with Gasteiger partial charge in [-0.1, -0.05) is 13.8 Å². The summed E-state index contributed by atoms with van der Waals surface area (Å²) < 4.78 is 0. The summed E-state index contributed by atoms with van der Waals surface area (Å²) in [6, 6.07) is 0.435. The van der Waals surface area contributed by atoms with E-state index in [1.807, 2.05) is 0 Å². The number of carbonyl (C=O) groups excluding carboxylic acids is 1. The first-order valence-corrected chi connectivity index (χ1v) is 7.79. The van der Waals surface area contributed by atoms with Gasteiger partial charge in [-0.2, -0.15) is 0 Å². The Labute approximate surface area is 117 Å². The standard InChI is InChI=1S/C15H29N3O/c1-12(2)16-14-7-5-9-18(15(14)19)11-13-6-4-8-17(3)10-13/h12-14,16H,4-11H2,1-3H3. The van der Waals surface area contributed by atoms with E-state index >= 15 is 0 Å². The fraction of sp³-hybridized carbons (Fsp3) is 0.933. The van der Waals surface area contributed by atoms with Crippen molar-refractivity contribution in [3.8, 4) is 0 Å². The van der Waals surface area contributed by atoms with Crippen LogP contribution in [0.5, 0.6) is 0 Å². The second-order valence-electron chi connectivity index (χ2n) is 6.57. The topological polar surface area (TPSA) is 35.6 Å². The third kappa shape index (κ3) is 4.18. The number of piperidine rings is 2. The highest BCUT2D eigenvalue weighted by atomic mass is 16.2. The molecule has 0 bridgehead atoms. The third-order valence-electron chi connectivity index (χ3n) is 4.27. The van der Waals surface area contributed by atoms with Crippen LogP contribution < -0.4 is 5.32 Å². The van der Waals surface area contributed by atoms with Gasteiger partial charge in [0, 0.05) is 25.7 Å². The quantitative estimate of drug-likeness (QED) is 0.834. The number of nitrogens with one attached hydrogen (secondary N) is 1. The number of rotatable bonds is 4. The summed E-state index contributed by atoms with van der Waals surface area (Å²) >= 11 is 0. The largest absolute Gasteiger partial charge is 0.341 e.